The van der Waals surface area contributed by atoms with Crippen LogP contribution >= 0.6 is 0 Å². The number of aliphatic hydroxyl groups is 1. The molecule has 0 aliphatic rings. The van der Waals surface area contributed by atoms with Crippen LogP contribution in [0.5, 0.6) is 0 Å². The van der Waals surface area contributed by atoms with Crippen LogP contribution < -0.4 is 5.73 Å². The molecule has 3 N–H and O–H groups in total. The number of nitrogens with two attached hydrogens (primary N) is 1. The van der Waals surface area contributed by atoms with E-state index in [0.717, 1.165) is 17.7 Å². The third-order valence-electron chi connectivity index (χ3n) is 2.88. The molecule has 0 aliphatic heterocycles. The molecule has 0 aliphatic carbocycles. The largest absolute Gasteiger partial charge is 0.394 e. The Kier molecular flexibility index (Phi) is 4.07. The second-order valence-corrected chi connectivity index (χ2v) is 4.18. The number of imidazole rings is 1. The highest BCUT2D eigenvalue weighted by Crippen LogP contribution is 2.11. The van der Waals surface area contributed by atoms with Crippen LogP contribution in [-0.4, -0.2) is 21.3 Å². The first-order valence-corrected chi connectivity index (χ1v) is 5.81. The fourth-order valence-corrected chi connectivity index (χ4v) is 1.82. The predicted octanol–water partition coefficient (Wildman–Crippen LogP) is 1.26. The van der Waals surface area contributed by atoms with Gasteiger partial charge in [-0.25, -0.2) is 9.37 Å². The Morgan fingerprint density at radius 3 is 2.72 bits per heavy atom. The van der Waals surface area contributed by atoms with E-state index in [9.17, 15) is 4.39 Å². The van der Waals surface area contributed by atoms with Crippen molar-refractivity contribution in [3.63, 3.8) is 0 Å². The van der Waals surface area contributed by atoms with Crippen molar-refractivity contribution in [3.8, 4) is 0 Å². The topological polar surface area (TPSA) is 64.1 Å². The summed E-state index contributed by atoms with van der Waals surface area (Å²) >= 11 is 0. The Balaban J connectivity index is 2.02. The molecule has 1 aromatic carbocycles. The molecule has 5 heteroatoms. The molecule has 0 saturated heterocycles. The molecule has 1 atom stereocenters. The number of nitrogens with zero attached hydrogens (tertiary/aromatic N) is 2. The predicted molar refractivity (Wildman–Crippen MR) is 66.3 cm³/mol. The lowest BCUT2D eigenvalue weighted by Gasteiger charge is -2.12. The summed E-state index contributed by atoms with van der Waals surface area (Å²) in [6.07, 6.45) is 4.11. The molecule has 0 amide bonds. The first-order chi connectivity index (χ1) is 8.70. The van der Waals surface area contributed by atoms with Gasteiger partial charge in [0.25, 0.3) is 0 Å². The van der Waals surface area contributed by atoms with Gasteiger partial charge in [0.2, 0.25) is 0 Å². The highest BCUT2D eigenvalue weighted by atomic mass is 19.1. The number of hydrogen-bond acceptors (Lipinski definition) is 3. The average molecular weight is 249 g/mol. The van der Waals surface area contributed by atoms with Gasteiger partial charge in [0.05, 0.1) is 24.7 Å². The zero-order valence-corrected chi connectivity index (χ0v) is 9.96. The molecule has 1 heterocycles. The monoisotopic (exact) mass is 249 g/mol. The minimum Gasteiger partial charge on any atom is -0.394 e. The van der Waals surface area contributed by atoms with Gasteiger partial charge in [0, 0.05) is 12.7 Å². The van der Waals surface area contributed by atoms with Crippen molar-refractivity contribution >= 4 is 0 Å². The van der Waals surface area contributed by atoms with Crippen molar-refractivity contribution in [2.75, 3.05) is 6.61 Å². The number of rotatable bonds is 5. The summed E-state index contributed by atoms with van der Waals surface area (Å²) in [6, 6.07) is 6.00. The summed E-state index contributed by atoms with van der Waals surface area (Å²) in [6.45, 7) is 0.594. The molecule has 0 saturated carbocycles. The lowest BCUT2D eigenvalue weighted by Crippen LogP contribution is -2.19. The number of hydrogen-bond donors (Lipinski definition) is 2. The van der Waals surface area contributed by atoms with Gasteiger partial charge in [-0.1, -0.05) is 12.1 Å². The van der Waals surface area contributed by atoms with E-state index < -0.39 is 6.04 Å². The molecule has 2 rings (SSSR count). The Hall–Kier alpha value is -1.72. The van der Waals surface area contributed by atoms with E-state index in [1.807, 2.05) is 4.57 Å². The Morgan fingerprint density at radius 1 is 1.33 bits per heavy atom. The number of halogens is 1. The summed E-state index contributed by atoms with van der Waals surface area (Å²) in [4.78, 5) is 4.03. The van der Waals surface area contributed by atoms with E-state index in [1.165, 1.54) is 12.1 Å². The Bertz CT molecular complexity index is 495. The summed E-state index contributed by atoms with van der Waals surface area (Å²) in [5.74, 6) is -0.232. The SMILES string of the molecule is NC(CO)c1cncn1CCc1ccc(F)cc1. The molecule has 4 nitrogen and oxygen atoms in total. The fourth-order valence-electron chi connectivity index (χ4n) is 1.82. The lowest BCUT2D eigenvalue weighted by atomic mass is 10.1. The van der Waals surface area contributed by atoms with Gasteiger partial charge >= 0.3 is 0 Å². The van der Waals surface area contributed by atoms with Crippen molar-refractivity contribution in [2.45, 2.75) is 19.0 Å². The van der Waals surface area contributed by atoms with Crippen molar-refractivity contribution < 1.29 is 9.50 Å². The molecule has 1 aromatic heterocycles. The number of aryl methyl sites for hydroxylation is 2. The summed E-state index contributed by atoms with van der Waals surface area (Å²) in [5.41, 5.74) is 7.62. The maximum Gasteiger partial charge on any atom is 0.123 e. The molecule has 0 bridgehead atoms. The standard InChI is InChI=1S/C13H16FN3O/c14-11-3-1-10(2-4-11)5-6-17-9-16-7-13(17)12(15)8-18/h1-4,7,9,12,18H,5-6,8,15H2. The molecular weight excluding hydrogens is 233 g/mol. The maximum atomic E-state index is 12.8. The van der Waals surface area contributed by atoms with Crippen molar-refractivity contribution in [3.05, 3.63) is 53.9 Å². The van der Waals surface area contributed by atoms with Crippen LogP contribution in [0.15, 0.2) is 36.8 Å². The van der Waals surface area contributed by atoms with E-state index in [0.29, 0.717) is 6.54 Å². The van der Waals surface area contributed by atoms with Gasteiger partial charge in [-0.2, -0.15) is 0 Å². The van der Waals surface area contributed by atoms with Gasteiger partial charge in [-0.15, -0.1) is 0 Å². The summed E-state index contributed by atoms with van der Waals surface area (Å²) in [7, 11) is 0. The lowest BCUT2D eigenvalue weighted by molar-refractivity contribution is 0.263. The van der Waals surface area contributed by atoms with E-state index >= 15 is 0 Å². The average Bonchev–Trinajstić information content (AvgIpc) is 2.85. The van der Waals surface area contributed by atoms with E-state index in [-0.39, 0.29) is 12.4 Å². The molecule has 1 unspecified atom stereocenters. The zero-order chi connectivity index (χ0) is 13.0. The minimum atomic E-state index is -0.416. The number of benzene rings is 1. The molecule has 2 aromatic rings. The molecule has 96 valence electrons. The van der Waals surface area contributed by atoms with Crippen LogP contribution in [0.25, 0.3) is 0 Å². The number of aromatic nitrogens is 2. The van der Waals surface area contributed by atoms with Gasteiger partial charge in [0.15, 0.2) is 0 Å². The smallest absolute Gasteiger partial charge is 0.123 e. The van der Waals surface area contributed by atoms with E-state index in [1.54, 1.807) is 24.7 Å². The minimum absolute atomic E-state index is 0.109. The third-order valence-corrected chi connectivity index (χ3v) is 2.88. The summed E-state index contributed by atoms with van der Waals surface area (Å²) in [5, 5.41) is 9.04. The van der Waals surface area contributed by atoms with Gasteiger partial charge < -0.3 is 15.4 Å². The van der Waals surface area contributed by atoms with Crippen LogP contribution in [0.2, 0.25) is 0 Å². The number of aliphatic hydroxyl groups excluding tert-OH is 1. The molecule has 0 spiro atoms. The maximum absolute atomic E-state index is 12.8. The molecular formula is C13H16FN3O. The molecule has 0 fully saturated rings. The zero-order valence-electron chi connectivity index (χ0n) is 9.96. The molecule has 18 heavy (non-hydrogen) atoms. The van der Waals surface area contributed by atoms with E-state index in [2.05, 4.69) is 4.98 Å². The first-order valence-electron chi connectivity index (χ1n) is 5.81. The van der Waals surface area contributed by atoms with Crippen LogP contribution in [-0.2, 0) is 13.0 Å². The Morgan fingerprint density at radius 2 is 2.06 bits per heavy atom. The van der Waals surface area contributed by atoms with E-state index in [4.69, 9.17) is 10.8 Å². The second-order valence-electron chi connectivity index (χ2n) is 4.18. The second kappa shape index (κ2) is 5.75. The van der Waals surface area contributed by atoms with Crippen LogP contribution in [0.4, 0.5) is 4.39 Å². The quantitative estimate of drug-likeness (QED) is 0.838. The normalized spacial score (nSPS) is 12.6. The Labute approximate surface area is 105 Å². The van der Waals surface area contributed by atoms with Crippen LogP contribution in [0.3, 0.4) is 0 Å². The summed E-state index contributed by atoms with van der Waals surface area (Å²) < 4.78 is 14.7. The molecule has 0 radical (unpaired) electrons. The van der Waals surface area contributed by atoms with Gasteiger partial charge in [0.1, 0.15) is 5.82 Å². The van der Waals surface area contributed by atoms with Gasteiger partial charge in [-0.3, -0.25) is 0 Å². The first kappa shape index (κ1) is 12.7. The van der Waals surface area contributed by atoms with Crippen molar-refractivity contribution in [1.82, 2.24) is 9.55 Å². The van der Waals surface area contributed by atoms with Gasteiger partial charge in [-0.05, 0) is 24.1 Å². The third kappa shape index (κ3) is 2.94. The van der Waals surface area contributed by atoms with Crippen molar-refractivity contribution in [2.24, 2.45) is 5.73 Å². The van der Waals surface area contributed by atoms with Crippen molar-refractivity contribution in [1.29, 1.82) is 0 Å². The highest BCUT2D eigenvalue weighted by molar-refractivity contribution is 5.16. The van der Waals surface area contributed by atoms with Crippen LogP contribution in [0.1, 0.15) is 17.3 Å². The fraction of sp³-hybridized carbons (Fsp3) is 0.308. The highest BCUT2D eigenvalue weighted by Gasteiger charge is 2.10. The van der Waals surface area contributed by atoms with Crippen LogP contribution in [0, 0.1) is 5.82 Å².